The highest BCUT2D eigenvalue weighted by atomic mass is 35.5. The van der Waals surface area contributed by atoms with Gasteiger partial charge in [0.25, 0.3) is 0 Å². The van der Waals surface area contributed by atoms with Crippen molar-refractivity contribution in [3.63, 3.8) is 0 Å². The maximum Gasteiger partial charge on any atom is 0.417 e. The number of hydrogen-bond acceptors (Lipinski definition) is 2. The fraction of sp³-hybridized carbons (Fsp3) is 0.259. The molecular formula is C27H17Cl3F7NO. The van der Waals surface area contributed by atoms with Crippen molar-refractivity contribution in [2.24, 2.45) is 0 Å². The average Bonchev–Trinajstić information content (AvgIpc) is 3.61. The second-order valence-corrected chi connectivity index (χ2v) is 10.4. The summed E-state index contributed by atoms with van der Waals surface area (Å²) in [5.74, 6) is -4.19. The molecule has 3 aromatic rings. The molecule has 1 heterocycles. The Kier molecular flexibility index (Phi) is 8.09. The van der Waals surface area contributed by atoms with Gasteiger partial charge in [0, 0.05) is 23.6 Å². The zero-order chi connectivity index (χ0) is 28.8. The first-order chi connectivity index (χ1) is 18.1. The Morgan fingerprint density at radius 1 is 0.974 bits per heavy atom. The van der Waals surface area contributed by atoms with Crippen molar-refractivity contribution >= 4 is 46.7 Å². The van der Waals surface area contributed by atoms with Crippen LogP contribution in [0, 0.1) is 5.82 Å². The van der Waals surface area contributed by atoms with Gasteiger partial charge >= 0.3 is 12.4 Å². The van der Waals surface area contributed by atoms with Gasteiger partial charge in [0.2, 0.25) is 0 Å². The van der Waals surface area contributed by atoms with Gasteiger partial charge in [-0.25, -0.2) is 9.37 Å². The molecule has 1 atom stereocenters. The molecule has 12 heteroatoms. The maximum atomic E-state index is 13.9. The zero-order valence-electron chi connectivity index (χ0n) is 19.6. The highest BCUT2D eigenvalue weighted by molar-refractivity contribution is 6.35. The van der Waals surface area contributed by atoms with E-state index in [1.165, 1.54) is 12.3 Å². The molecule has 2 aromatic carbocycles. The van der Waals surface area contributed by atoms with Gasteiger partial charge < -0.3 is 0 Å². The first kappa shape index (κ1) is 29.4. The molecule has 1 unspecified atom stereocenters. The Hall–Kier alpha value is -2.62. The van der Waals surface area contributed by atoms with Gasteiger partial charge in [-0.05, 0) is 53.8 Å². The number of pyridine rings is 1. The number of rotatable bonds is 7. The molecule has 0 aliphatic heterocycles. The number of aromatic nitrogens is 1. The third-order valence-electron chi connectivity index (χ3n) is 6.54. The summed E-state index contributed by atoms with van der Waals surface area (Å²) in [5, 5.41) is -1.03. The van der Waals surface area contributed by atoms with Crippen LogP contribution in [0.25, 0.3) is 6.08 Å². The van der Waals surface area contributed by atoms with Crippen LogP contribution in [0.4, 0.5) is 30.7 Å². The van der Waals surface area contributed by atoms with Gasteiger partial charge in [0.15, 0.2) is 11.6 Å². The number of benzene rings is 2. The lowest BCUT2D eigenvalue weighted by Crippen LogP contribution is -2.19. The zero-order valence-corrected chi connectivity index (χ0v) is 21.9. The largest absolute Gasteiger partial charge is 0.417 e. The van der Waals surface area contributed by atoms with Gasteiger partial charge in [-0.1, -0.05) is 65.2 Å². The van der Waals surface area contributed by atoms with Gasteiger partial charge in [0.05, 0.1) is 21.5 Å². The number of halogens is 10. The standard InChI is InChI=1S/C27H17Cl3F7NO/c28-20-10-15(11-21(29)24(20)31)18(26(32,33)34)5-2-14-1-4-17(19(9-14)27(35,36)37)22(39)12-25(7-8-25)16-3-6-23(30)38-13-16/h1-6,9-11,13,18H,7-8,12H2/b5-2+. The van der Waals surface area contributed by atoms with Crippen LogP contribution in [0.15, 0.2) is 54.7 Å². The number of allylic oxidation sites excluding steroid dienone is 1. The van der Waals surface area contributed by atoms with E-state index >= 15 is 0 Å². The van der Waals surface area contributed by atoms with E-state index in [0.717, 1.165) is 30.3 Å². The summed E-state index contributed by atoms with van der Waals surface area (Å²) < 4.78 is 96.8. The van der Waals surface area contributed by atoms with E-state index < -0.39 is 62.0 Å². The molecule has 0 bridgehead atoms. The predicted octanol–water partition coefficient (Wildman–Crippen LogP) is 9.86. The Morgan fingerprint density at radius 3 is 2.13 bits per heavy atom. The second-order valence-electron chi connectivity index (χ2n) is 9.23. The smallest absolute Gasteiger partial charge is 0.294 e. The van der Waals surface area contributed by atoms with Crippen molar-refractivity contribution in [1.29, 1.82) is 0 Å². The lowest BCUT2D eigenvalue weighted by molar-refractivity contribution is -0.139. The molecule has 0 radical (unpaired) electrons. The summed E-state index contributed by atoms with van der Waals surface area (Å²) in [4.78, 5) is 17.0. The number of alkyl halides is 6. The minimum atomic E-state index is -4.95. The SMILES string of the molecule is O=C(CC1(c2ccc(Cl)nc2)CC1)c1ccc(/C=C/C(c2cc(Cl)c(F)c(Cl)c2)C(F)(F)F)cc1C(F)(F)F. The van der Waals surface area contributed by atoms with Crippen molar-refractivity contribution < 1.29 is 35.5 Å². The molecule has 0 N–H and O–H groups in total. The van der Waals surface area contributed by atoms with Gasteiger partial charge in [0.1, 0.15) is 5.15 Å². The summed E-state index contributed by atoms with van der Waals surface area (Å²) in [6.07, 6.45) is -5.93. The van der Waals surface area contributed by atoms with E-state index in [4.69, 9.17) is 34.8 Å². The van der Waals surface area contributed by atoms with Crippen LogP contribution in [0.5, 0.6) is 0 Å². The molecule has 0 saturated heterocycles. The molecule has 206 valence electrons. The van der Waals surface area contributed by atoms with Crippen molar-refractivity contribution in [2.45, 2.75) is 42.9 Å². The van der Waals surface area contributed by atoms with E-state index in [9.17, 15) is 35.5 Å². The minimum Gasteiger partial charge on any atom is -0.294 e. The van der Waals surface area contributed by atoms with E-state index in [2.05, 4.69) is 4.98 Å². The Labute approximate surface area is 233 Å². The van der Waals surface area contributed by atoms with Crippen LogP contribution < -0.4 is 0 Å². The average molecular weight is 611 g/mol. The molecule has 2 nitrogen and oxygen atoms in total. The molecule has 39 heavy (non-hydrogen) atoms. The maximum absolute atomic E-state index is 13.9. The van der Waals surface area contributed by atoms with Crippen molar-refractivity contribution in [3.05, 3.63) is 104 Å². The molecule has 1 saturated carbocycles. The van der Waals surface area contributed by atoms with Gasteiger partial charge in [-0.2, -0.15) is 26.3 Å². The molecule has 1 fully saturated rings. The highest BCUT2D eigenvalue weighted by Crippen LogP contribution is 2.52. The summed E-state index contributed by atoms with van der Waals surface area (Å²) in [6.45, 7) is 0. The van der Waals surface area contributed by atoms with Crippen molar-refractivity contribution in [1.82, 2.24) is 4.98 Å². The van der Waals surface area contributed by atoms with Crippen molar-refractivity contribution in [2.75, 3.05) is 0 Å². The first-order valence-corrected chi connectivity index (χ1v) is 12.5. The van der Waals surface area contributed by atoms with E-state index in [1.54, 1.807) is 6.07 Å². The first-order valence-electron chi connectivity index (χ1n) is 11.4. The quantitative estimate of drug-likeness (QED) is 0.115. The van der Waals surface area contributed by atoms with Crippen LogP contribution in [-0.4, -0.2) is 16.9 Å². The van der Waals surface area contributed by atoms with Crippen LogP contribution >= 0.6 is 34.8 Å². The number of carbonyl (C=O) groups is 1. The van der Waals surface area contributed by atoms with Crippen LogP contribution in [0.1, 0.15) is 57.8 Å². The summed E-state index contributed by atoms with van der Waals surface area (Å²) in [5.41, 5.74) is -2.53. The lowest BCUT2D eigenvalue weighted by atomic mass is 9.87. The number of hydrogen-bond donors (Lipinski definition) is 0. The van der Waals surface area contributed by atoms with Gasteiger partial charge in [-0.15, -0.1) is 0 Å². The number of nitrogens with zero attached hydrogens (tertiary/aromatic N) is 1. The highest BCUT2D eigenvalue weighted by Gasteiger charge is 2.47. The molecule has 0 spiro atoms. The van der Waals surface area contributed by atoms with Crippen LogP contribution in [-0.2, 0) is 11.6 Å². The van der Waals surface area contributed by atoms with Crippen molar-refractivity contribution in [3.8, 4) is 0 Å². The minimum absolute atomic E-state index is 0.198. The fourth-order valence-electron chi connectivity index (χ4n) is 4.32. The topological polar surface area (TPSA) is 30.0 Å². The second kappa shape index (κ2) is 10.7. The normalized spacial score (nSPS) is 15.9. The molecular weight excluding hydrogens is 594 g/mol. The van der Waals surface area contributed by atoms with Crippen LogP contribution in [0.2, 0.25) is 15.2 Å². The number of Topliss-reactive ketones (excluding diaryl/α,β-unsaturated/α-hetero) is 1. The van der Waals surface area contributed by atoms with E-state index in [1.807, 2.05) is 0 Å². The van der Waals surface area contributed by atoms with Gasteiger partial charge in [-0.3, -0.25) is 4.79 Å². The third kappa shape index (κ3) is 6.58. The molecule has 0 amide bonds. The lowest BCUT2D eigenvalue weighted by Gasteiger charge is -2.19. The summed E-state index contributed by atoms with van der Waals surface area (Å²) in [6, 6.07) is 7.40. The van der Waals surface area contributed by atoms with E-state index in [0.29, 0.717) is 30.5 Å². The molecule has 4 rings (SSSR count). The number of carbonyl (C=O) groups excluding carboxylic acids is 1. The molecule has 1 aliphatic rings. The monoisotopic (exact) mass is 609 g/mol. The molecule has 1 aliphatic carbocycles. The number of ketones is 1. The third-order valence-corrected chi connectivity index (χ3v) is 7.31. The molecule has 1 aromatic heterocycles. The van der Waals surface area contributed by atoms with Crippen LogP contribution in [0.3, 0.4) is 0 Å². The Bertz CT molecular complexity index is 1410. The summed E-state index contributed by atoms with van der Waals surface area (Å²) in [7, 11) is 0. The Morgan fingerprint density at radius 2 is 1.62 bits per heavy atom. The predicted molar refractivity (Wildman–Crippen MR) is 135 cm³/mol. The summed E-state index contributed by atoms with van der Waals surface area (Å²) >= 11 is 17.1. The Balaban J connectivity index is 1.65. The fourth-order valence-corrected chi connectivity index (χ4v) is 4.94. The van der Waals surface area contributed by atoms with E-state index in [-0.39, 0.29) is 17.1 Å².